The van der Waals surface area contributed by atoms with Gasteiger partial charge in [-0.3, -0.25) is 14.9 Å². The van der Waals surface area contributed by atoms with Crippen molar-refractivity contribution in [3.05, 3.63) is 99.9 Å². The Morgan fingerprint density at radius 1 is 1.15 bits per heavy atom. The van der Waals surface area contributed by atoms with Gasteiger partial charge < -0.3 is 9.47 Å². The van der Waals surface area contributed by atoms with E-state index >= 15 is 0 Å². The first-order valence-corrected chi connectivity index (χ1v) is 13.6. The number of nitro benzene ring substituents is 1. The van der Waals surface area contributed by atoms with E-state index in [-0.39, 0.29) is 28.6 Å². The number of hydrogen-bond acceptors (Lipinski definition) is 7. The third kappa shape index (κ3) is 6.15. The van der Waals surface area contributed by atoms with Gasteiger partial charge in [-0.2, -0.15) is 9.78 Å². The monoisotopic (exact) mass is 676 g/mol. The number of rotatable bonds is 7. The minimum absolute atomic E-state index is 0.0104. The van der Waals surface area contributed by atoms with Gasteiger partial charge in [0.2, 0.25) is 0 Å². The summed E-state index contributed by atoms with van der Waals surface area (Å²) in [4.78, 5) is 28.6. The average molecular weight is 679 g/mol. The summed E-state index contributed by atoms with van der Waals surface area (Å²) in [7, 11) is 1.48. The van der Waals surface area contributed by atoms with Crippen molar-refractivity contribution in [1.82, 2.24) is 9.66 Å². The van der Waals surface area contributed by atoms with E-state index in [0.717, 1.165) is 4.47 Å². The van der Waals surface area contributed by atoms with Gasteiger partial charge in [-0.25, -0.2) is 4.98 Å². The molecule has 0 fully saturated rings. The van der Waals surface area contributed by atoms with Crippen LogP contribution in [0, 0.1) is 10.1 Å². The maximum Gasteiger partial charge on any atom is 0.282 e. The minimum atomic E-state index is -0.472. The van der Waals surface area contributed by atoms with E-state index in [1.165, 1.54) is 30.1 Å². The van der Waals surface area contributed by atoms with Gasteiger partial charge in [0.15, 0.2) is 11.5 Å². The van der Waals surface area contributed by atoms with Gasteiger partial charge in [0.1, 0.15) is 17.5 Å². The highest BCUT2D eigenvalue weighted by atomic mass is 79.9. The zero-order valence-electron chi connectivity index (χ0n) is 21.4. The lowest BCUT2D eigenvalue weighted by atomic mass is 9.95. The van der Waals surface area contributed by atoms with Crippen LogP contribution in [0.1, 0.15) is 37.7 Å². The Hall–Kier alpha value is -3.28. The predicted octanol–water partition coefficient (Wildman–Crippen LogP) is 7.25. The minimum Gasteiger partial charge on any atom is -0.493 e. The lowest BCUT2D eigenvalue weighted by Crippen LogP contribution is -2.29. The number of benzene rings is 3. The summed E-state index contributed by atoms with van der Waals surface area (Å²) in [5, 5.41) is 16.1. The molecule has 0 aliphatic heterocycles. The number of nitrogens with zero attached hydrogens (tertiary/aromatic N) is 4. The van der Waals surface area contributed by atoms with Gasteiger partial charge in [-0.15, -0.1) is 0 Å². The van der Waals surface area contributed by atoms with Crippen LogP contribution in [-0.4, -0.2) is 27.9 Å². The number of non-ortho nitro benzene ring substituents is 1. The first kappa shape index (κ1) is 28.7. The van der Waals surface area contributed by atoms with Crippen molar-refractivity contribution >= 4 is 66.3 Å². The van der Waals surface area contributed by atoms with Crippen molar-refractivity contribution in [2.75, 3.05) is 7.11 Å². The second-order valence-corrected chi connectivity index (χ2v) is 11.6. The molecule has 9 nitrogen and oxygen atoms in total. The fourth-order valence-electron chi connectivity index (χ4n) is 3.72. The molecule has 0 saturated heterocycles. The molecule has 0 amide bonds. The van der Waals surface area contributed by atoms with Crippen molar-refractivity contribution < 1.29 is 14.4 Å². The van der Waals surface area contributed by atoms with Crippen LogP contribution in [0.2, 0.25) is 5.02 Å². The van der Waals surface area contributed by atoms with Crippen LogP contribution in [0.5, 0.6) is 11.5 Å². The normalized spacial score (nSPS) is 11.8. The summed E-state index contributed by atoms with van der Waals surface area (Å²) in [6, 6.07) is 13.0. The summed E-state index contributed by atoms with van der Waals surface area (Å²) in [5.74, 6) is 1.12. The summed E-state index contributed by atoms with van der Waals surface area (Å²) in [6.07, 6.45) is 1.50. The molecule has 0 aliphatic carbocycles. The lowest BCUT2D eigenvalue weighted by molar-refractivity contribution is -0.384. The van der Waals surface area contributed by atoms with Crippen molar-refractivity contribution in [1.29, 1.82) is 0 Å². The molecule has 39 heavy (non-hydrogen) atoms. The van der Waals surface area contributed by atoms with Crippen molar-refractivity contribution in [2.45, 2.75) is 32.8 Å². The molecule has 0 radical (unpaired) electrons. The second kappa shape index (κ2) is 11.4. The number of hydrogen-bond donors (Lipinski definition) is 0. The Morgan fingerprint density at radius 2 is 1.85 bits per heavy atom. The largest absolute Gasteiger partial charge is 0.493 e. The number of nitro groups is 1. The van der Waals surface area contributed by atoms with Crippen LogP contribution in [0.25, 0.3) is 10.9 Å². The molecule has 0 unspecified atom stereocenters. The molecule has 0 N–H and O–H groups in total. The lowest BCUT2D eigenvalue weighted by Gasteiger charge is -2.21. The maximum atomic E-state index is 13.4. The van der Waals surface area contributed by atoms with E-state index in [2.05, 4.69) is 37.0 Å². The molecule has 0 spiro atoms. The molecule has 3 aromatic carbocycles. The third-order valence-electron chi connectivity index (χ3n) is 5.70. The molecule has 12 heteroatoms. The topological polar surface area (TPSA) is 109 Å². The zero-order valence-corrected chi connectivity index (χ0v) is 25.3. The van der Waals surface area contributed by atoms with Crippen LogP contribution in [0.4, 0.5) is 5.69 Å². The number of aromatic nitrogens is 2. The van der Waals surface area contributed by atoms with E-state index in [0.29, 0.717) is 38.1 Å². The molecule has 1 aromatic heterocycles. The van der Waals surface area contributed by atoms with Crippen LogP contribution >= 0.6 is 43.5 Å². The smallest absolute Gasteiger partial charge is 0.282 e. The van der Waals surface area contributed by atoms with E-state index in [1.54, 1.807) is 30.3 Å². The van der Waals surface area contributed by atoms with E-state index in [9.17, 15) is 14.9 Å². The highest BCUT2D eigenvalue weighted by Crippen LogP contribution is 2.42. The second-order valence-electron chi connectivity index (χ2n) is 9.55. The van der Waals surface area contributed by atoms with Crippen molar-refractivity contribution in [3.63, 3.8) is 0 Å². The van der Waals surface area contributed by atoms with Crippen LogP contribution in [0.3, 0.4) is 0 Å². The molecule has 0 atom stereocenters. The van der Waals surface area contributed by atoms with Gasteiger partial charge in [0.25, 0.3) is 11.2 Å². The van der Waals surface area contributed by atoms with Crippen LogP contribution < -0.4 is 15.0 Å². The standard InChI is InChI=1S/C27H23Br2ClN4O5/c1-27(2,3)26-32-20-10-7-17(28)12-19(20)25(35)33(26)31-13-16-11-21(38-4)24(23(30)22(16)29)39-14-15-5-8-18(9-6-15)34(36)37/h5-13H,14H2,1-4H3. The molecule has 4 rings (SSSR count). The van der Waals surface area contributed by atoms with Gasteiger partial charge in [0, 0.05) is 32.1 Å². The van der Waals surface area contributed by atoms with Crippen LogP contribution in [-0.2, 0) is 12.0 Å². The Labute approximate surface area is 245 Å². The summed E-state index contributed by atoms with van der Waals surface area (Å²) in [6.45, 7) is 5.98. The highest BCUT2D eigenvalue weighted by molar-refractivity contribution is 9.10. The number of fused-ring (bicyclic) bond motifs is 1. The maximum absolute atomic E-state index is 13.4. The molecule has 0 saturated carbocycles. The van der Waals surface area contributed by atoms with Gasteiger partial charge >= 0.3 is 0 Å². The summed E-state index contributed by atoms with van der Waals surface area (Å²) in [5.41, 5.74) is 1.05. The molecule has 0 aliphatic rings. The highest BCUT2D eigenvalue weighted by Gasteiger charge is 2.23. The molecule has 0 bridgehead atoms. The Balaban J connectivity index is 1.72. The van der Waals surface area contributed by atoms with E-state index in [1.807, 2.05) is 26.8 Å². The van der Waals surface area contributed by atoms with Crippen molar-refractivity contribution in [3.8, 4) is 11.5 Å². The number of methoxy groups -OCH3 is 1. The number of halogens is 3. The van der Waals surface area contributed by atoms with Crippen molar-refractivity contribution in [2.24, 2.45) is 5.10 Å². The third-order valence-corrected chi connectivity index (χ3v) is 7.63. The fourth-order valence-corrected chi connectivity index (χ4v) is 4.73. The summed E-state index contributed by atoms with van der Waals surface area (Å²) >= 11 is 13.6. The van der Waals surface area contributed by atoms with Gasteiger partial charge in [-0.05, 0) is 57.9 Å². The van der Waals surface area contributed by atoms with Gasteiger partial charge in [0.05, 0.1) is 29.2 Å². The first-order valence-electron chi connectivity index (χ1n) is 11.6. The van der Waals surface area contributed by atoms with E-state index in [4.69, 9.17) is 26.1 Å². The molecular weight excluding hydrogens is 656 g/mol. The quantitative estimate of drug-likeness (QED) is 0.116. The Morgan fingerprint density at radius 3 is 2.46 bits per heavy atom. The van der Waals surface area contributed by atoms with Crippen LogP contribution in [0.15, 0.2) is 67.4 Å². The van der Waals surface area contributed by atoms with Gasteiger partial charge in [-0.1, -0.05) is 48.3 Å². The Kier molecular flexibility index (Phi) is 8.43. The fraction of sp³-hybridized carbons (Fsp3) is 0.222. The zero-order chi connectivity index (χ0) is 28.5. The SMILES string of the molecule is COc1cc(C=Nn2c(C(C)(C)C)nc3ccc(Br)cc3c2=O)c(Br)c(Cl)c1OCc1ccc([N+](=O)[O-])cc1. The molecular formula is C27H23Br2ClN4O5. The summed E-state index contributed by atoms with van der Waals surface area (Å²) < 4.78 is 14.0. The number of ether oxygens (including phenoxy) is 2. The molecule has 1 heterocycles. The predicted molar refractivity (Wildman–Crippen MR) is 159 cm³/mol. The van der Waals surface area contributed by atoms with E-state index < -0.39 is 10.3 Å². The first-order chi connectivity index (χ1) is 18.4. The Bertz CT molecular complexity index is 1660. The molecule has 202 valence electrons. The average Bonchev–Trinajstić information content (AvgIpc) is 2.89. The molecule has 4 aromatic rings.